The van der Waals surface area contributed by atoms with Crippen LogP contribution in [0.15, 0.2) is 4.99 Å². The number of hydrogen-bond donors (Lipinski definition) is 1. The van der Waals surface area contributed by atoms with Crippen molar-refractivity contribution in [1.82, 2.24) is 5.32 Å². The van der Waals surface area contributed by atoms with Gasteiger partial charge in [0.25, 0.3) is 0 Å². The van der Waals surface area contributed by atoms with Gasteiger partial charge in [-0.1, -0.05) is 18.2 Å². The van der Waals surface area contributed by atoms with E-state index in [0.717, 1.165) is 30.0 Å². The maximum Gasteiger partial charge on any atom is 0.162 e. The Kier molecular flexibility index (Phi) is 3.09. The molecule has 2 aliphatic carbocycles. The molecule has 112 valence electrons. The molecular weight excluding hydrogens is 272 g/mol. The van der Waals surface area contributed by atoms with E-state index in [9.17, 15) is 0 Å². The molecule has 2 aliphatic heterocycles. The second kappa shape index (κ2) is 4.62. The molecule has 1 N–H and O–H groups in total. The predicted molar refractivity (Wildman–Crippen MR) is 80.7 cm³/mol. The van der Waals surface area contributed by atoms with Crippen LogP contribution in [0.1, 0.15) is 46.0 Å². The Hall–Kier alpha value is -0.260. The summed E-state index contributed by atoms with van der Waals surface area (Å²) < 4.78 is 11.9. The van der Waals surface area contributed by atoms with Crippen LogP contribution in [-0.4, -0.2) is 35.1 Å². The zero-order chi connectivity index (χ0) is 13.8. The van der Waals surface area contributed by atoms with E-state index in [0.29, 0.717) is 12.8 Å². The van der Waals surface area contributed by atoms with Gasteiger partial charge in [-0.25, -0.2) is 4.99 Å². The maximum atomic E-state index is 6.01. The van der Waals surface area contributed by atoms with Gasteiger partial charge in [-0.15, -0.1) is 0 Å². The fourth-order valence-electron chi connectivity index (χ4n) is 4.34. The minimum absolute atomic E-state index is 0.241. The molecule has 4 aliphatic rings. The largest absolute Gasteiger partial charge is 0.371 e. The third-order valence-corrected chi connectivity index (χ3v) is 7.21. The Morgan fingerprint density at radius 2 is 2.15 bits per heavy atom. The van der Waals surface area contributed by atoms with Crippen molar-refractivity contribution in [3.8, 4) is 0 Å². The highest BCUT2D eigenvalue weighted by atomic mass is 32.2. The summed E-state index contributed by atoms with van der Waals surface area (Å²) in [5.41, 5.74) is -0.241. The molecule has 5 heteroatoms. The Labute approximate surface area is 125 Å². The quantitative estimate of drug-likeness (QED) is 0.808. The number of aliphatic imine (C=N–C) groups is 1. The van der Waals surface area contributed by atoms with Gasteiger partial charge in [0.15, 0.2) is 10.1 Å². The highest BCUT2D eigenvalue weighted by molar-refractivity contribution is 8.15. The summed E-state index contributed by atoms with van der Waals surface area (Å²) in [6, 6.07) is 0.639. The van der Waals surface area contributed by atoms with Crippen LogP contribution in [0.4, 0.5) is 0 Å². The number of rotatable bonds is 1. The van der Waals surface area contributed by atoms with E-state index in [1.807, 2.05) is 0 Å². The molecule has 2 saturated carbocycles. The monoisotopic (exact) mass is 296 g/mol. The van der Waals surface area contributed by atoms with Gasteiger partial charge < -0.3 is 14.8 Å². The first-order valence-corrected chi connectivity index (χ1v) is 8.68. The molecule has 4 nitrogen and oxygen atoms in total. The van der Waals surface area contributed by atoms with Crippen molar-refractivity contribution in [3.63, 3.8) is 0 Å². The van der Waals surface area contributed by atoms with Crippen LogP contribution in [0.2, 0.25) is 0 Å². The van der Waals surface area contributed by atoms with Crippen LogP contribution < -0.4 is 5.32 Å². The number of hydrogen-bond acceptors (Lipinski definition) is 5. The number of nitrogens with zero attached hydrogens (tertiary/aromatic N) is 1. The van der Waals surface area contributed by atoms with E-state index in [2.05, 4.69) is 24.2 Å². The van der Waals surface area contributed by atoms with E-state index in [1.165, 1.54) is 25.7 Å². The number of thioether (sulfide) groups is 1. The molecule has 0 radical (unpaired) electrons. The fraction of sp³-hybridized carbons (Fsp3) is 0.933. The Morgan fingerprint density at radius 1 is 1.25 bits per heavy atom. The Balaban J connectivity index is 1.46. The third-order valence-electron chi connectivity index (χ3n) is 5.63. The van der Waals surface area contributed by atoms with Gasteiger partial charge in [-0.05, 0) is 44.9 Å². The molecular formula is C15H24N2O2S. The topological polar surface area (TPSA) is 42.9 Å². The van der Waals surface area contributed by atoms with Crippen molar-refractivity contribution >= 4 is 16.9 Å². The molecule has 4 rings (SSSR count). The molecule has 4 atom stereocenters. The molecule has 0 amide bonds. The molecule has 20 heavy (non-hydrogen) atoms. The summed E-state index contributed by atoms with van der Waals surface area (Å²) in [5, 5.41) is 4.79. The van der Waals surface area contributed by atoms with Crippen LogP contribution >= 0.6 is 11.8 Å². The van der Waals surface area contributed by atoms with Crippen molar-refractivity contribution in [2.24, 2.45) is 16.8 Å². The molecule has 1 spiro atoms. The van der Waals surface area contributed by atoms with E-state index in [1.54, 1.807) is 11.8 Å². The lowest BCUT2D eigenvalue weighted by atomic mass is 9.96. The smallest absolute Gasteiger partial charge is 0.162 e. The normalized spacial score (nSPS) is 45.9. The molecule has 2 bridgehead atoms. The van der Waals surface area contributed by atoms with E-state index < -0.39 is 0 Å². The van der Waals surface area contributed by atoms with Crippen molar-refractivity contribution in [2.75, 3.05) is 13.3 Å². The number of amidine groups is 1. The minimum Gasteiger partial charge on any atom is -0.371 e. The molecule has 0 aromatic rings. The molecule has 1 saturated heterocycles. The SMILES string of the molecule is CC1(C)OCCC12OCN=C(N[C@H]1C[C@@H]3CC[C@H]1C3)S2. The maximum absolute atomic E-state index is 6.01. The third kappa shape index (κ3) is 2.01. The summed E-state index contributed by atoms with van der Waals surface area (Å²) in [7, 11) is 0. The number of fused-ring (bicyclic) bond motifs is 2. The van der Waals surface area contributed by atoms with E-state index >= 15 is 0 Å². The van der Waals surface area contributed by atoms with Crippen molar-refractivity contribution < 1.29 is 9.47 Å². The fourth-order valence-corrected chi connectivity index (χ4v) is 5.58. The molecule has 0 aromatic carbocycles. The van der Waals surface area contributed by atoms with Crippen LogP contribution in [0, 0.1) is 11.8 Å². The van der Waals surface area contributed by atoms with Gasteiger partial charge in [-0.2, -0.15) is 0 Å². The zero-order valence-corrected chi connectivity index (χ0v) is 13.2. The second-order valence-corrected chi connectivity index (χ2v) is 8.38. The van der Waals surface area contributed by atoms with E-state index in [4.69, 9.17) is 9.47 Å². The van der Waals surface area contributed by atoms with Crippen molar-refractivity contribution in [2.45, 2.75) is 62.5 Å². The molecule has 1 unspecified atom stereocenters. The van der Waals surface area contributed by atoms with Crippen LogP contribution in [0.25, 0.3) is 0 Å². The first-order valence-electron chi connectivity index (χ1n) is 7.86. The van der Waals surface area contributed by atoms with Crippen LogP contribution in [0.5, 0.6) is 0 Å². The summed E-state index contributed by atoms with van der Waals surface area (Å²) in [6.07, 6.45) is 6.54. The Morgan fingerprint density at radius 3 is 2.80 bits per heavy atom. The number of ether oxygens (including phenoxy) is 2. The van der Waals surface area contributed by atoms with Crippen LogP contribution in [0.3, 0.4) is 0 Å². The molecule has 2 heterocycles. The van der Waals surface area contributed by atoms with Crippen LogP contribution in [-0.2, 0) is 9.47 Å². The standard InChI is InChI=1S/C15H24N2O2S/c1-14(2)15(5-6-18-14)19-9-16-13(20-15)17-12-8-10-3-4-11(12)7-10/h10-12H,3-9H2,1-2H3,(H,16,17)/t10-,11+,12+,15?/m1/s1. The number of nitrogens with one attached hydrogen (secondary N) is 1. The van der Waals surface area contributed by atoms with Crippen molar-refractivity contribution in [1.29, 1.82) is 0 Å². The second-order valence-electron chi connectivity index (χ2n) is 7.13. The van der Waals surface area contributed by atoms with Gasteiger partial charge in [0.1, 0.15) is 12.3 Å². The average Bonchev–Trinajstić information content (AvgIpc) is 3.06. The summed E-state index contributed by atoms with van der Waals surface area (Å²) in [5.74, 6) is 1.83. The highest BCUT2D eigenvalue weighted by Crippen LogP contribution is 2.50. The predicted octanol–water partition coefficient (Wildman–Crippen LogP) is 2.74. The highest BCUT2D eigenvalue weighted by Gasteiger charge is 2.54. The lowest BCUT2D eigenvalue weighted by Gasteiger charge is -2.41. The first kappa shape index (κ1) is 13.4. The van der Waals surface area contributed by atoms with Gasteiger partial charge >= 0.3 is 0 Å². The average molecular weight is 296 g/mol. The first-order chi connectivity index (χ1) is 9.58. The van der Waals surface area contributed by atoms with Gasteiger partial charge in [0.2, 0.25) is 0 Å². The summed E-state index contributed by atoms with van der Waals surface area (Å²) in [4.78, 5) is 4.30. The Bertz CT molecular complexity index is 440. The van der Waals surface area contributed by atoms with Gasteiger partial charge in [0.05, 0.1) is 6.61 Å². The lowest BCUT2D eigenvalue weighted by molar-refractivity contribution is -0.0824. The minimum atomic E-state index is -0.255. The zero-order valence-electron chi connectivity index (χ0n) is 12.4. The van der Waals surface area contributed by atoms with E-state index in [-0.39, 0.29) is 10.5 Å². The molecule has 0 aromatic heterocycles. The summed E-state index contributed by atoms with van der Waals surface area (Å²) in [6.45, 7) is 5.51. The van der Waals surface area contributed by atoms with Crippen molar-refractivity contribution in [3.05, 3.63) is 0 Å². The summed E-state index contributed by atoms with van der Waals surface area (Å²) >= 11 is 1.75. The lowest BCUT2D eigenvalue weighted by Crippen LogP contribution is -2.51. The van der Waals surface area contributed by atoms with Gasteiger partial charge in [-0.3, -0.25) is 0 Å². The van der Waals surface area contributed by atoms with Gasteiger partial charge in [0, 0.05) is 12.5 Å². The molecule has 3 fully saturated rings.